The molecule has 25 heavy (non-hydrogen) atoms. The fourth-order valence-electron chi connectivity index (χ4n) is 2.06. The predicted octanol–water partition coefficient (Wildman–Crippen LogP) is 4.75. The molecule has 0 radical (unpaired) electrons. The van der Waals surface area contributed by atoms with E-state index >= 15 is 0 Å². The Labute approximate surface area is 163 Å². The van der Waals surface area contributed by atoms with Crippen LogP contribution >= 0.6 is 31.9 Å². The molecule has 7 heteroatoms. The molecule has 0 unspecified atom stereocenters. The fourth-order valence-corrected chi connectivity index (χ4v) is 2.99. The van der Waals surface area contributed by atoms with Gasteiger partial charge >= 0.3 is 0 Å². The SMILES string of the molecule is CCOc1cc(C=O)c(Br)c(Br)c1OCC(=O)Nc1ccc(C)cc1. The minimum atomic E-state index is -0.297. The van der Waals surface area contributed by atoms with Crippen molar-refractivity contribution in [3.05, 3.63) is 50.4 Å². The van der Waals surface area contributed by atoms with E-state index in [-0.39, 0.29) is 12.5 Å². The van der Waals surface area contributed by atoms with Crippen molar-refractivity contribution in [2.45, 2.75) is 13.8 Å². The van der Waals surface area contributed by atoms with Crippen LogP contribution in [0.2, 0.25) is 0 Å². The monoisotopic (exact) mass is 469 g/mol. The summed E-state index contributed by atoms with van der Waals surface area (Å²) < 4.78 is 12.2. The van der Waals surface area contributed by atoms with Gasteiger partial charge in [-0.25, -0.2) is 0 Å². The molecule has 0 bridgehead atoms. The number of amides is 1. The number of hydrogen-bond acceptors (Lipinski definition) is 4. The maximum Gasteiger partial charge on any atom is 0.262 e. The van der Waals surface area contributed by atoms with Crippen molar-refractivity contribution in [1.29, 1.82) is 0 Å². The Kier molecular flexibility index (Phi) is 7.01. The first-order chi connectivity index (χ1) is 12.0. The maximum absolute atomic E-state index is 12.1. The summed E-state index contributed by atoms with van der Waals surface area (Å²) in [5.41, 5.74) is 2.23. The van der Waals surface area contributed by atoms with Crippen LogP contribution in [0.1, 0.15) is 22.8 Å². The third-order valence-electron chi connectivity index (χ3n) is 3.27. The second kappa shape index (κ2) is 9.01. The summed E-state index contributed by atoms with van der Waals surface area (Å²) in [5, 5.41) is 2.76. The van der Waals surface area contributed by atoms with Gasteiger partial charge in [0.15, 0.2) is 24.4 Å². The Bertz CT molecular complexity index is 776. The number of hydrogen-bond donors (Lipinski definition) is 1. The summed E-state index contributed by atoms with van der Waals surface area (Å²) in [6.45, 7) is 4.00. The van der Waals surface area contributed by atoms with E-state index in [1.54, 1.807) is 6.07 Å². The number of anilines is 1. The van der Waals surface area contributed by atoms with Crippen molar-refractivity contribution in [3.8, 4) is 11.5 Å². The van der Waals surface area contributed by atoms with Gasteiger partial charge in [-0.15, -0.1) is 0 Å². The first kappa shape index (κ1) is 19.5. The molecule has 2 aromatic carbocycles. The second-order valence-electron chi connectivity index (χ2n) is 5.17. The first-order valence-corrected chi connectivity index (χ1v) is 9.14. The number of aldehydes is 1. The predicted molar refractivity (Wildman–Crippen MR) is 104 cm³/mol. The van der Waals surface area contributed by atoms with E-state index in [1.807, 2.05) is 38.1 Å². The highest BCUT2D eigenvalue weighted by molar-refractivity contribution is 9.13. The van der Waals surface area contributed by atoms with Gasteiger partial charge in [0.1, 0.15) is 0 Å². The average molecular weight is 471 g/mol. The molecule has 0 aliphatic rings. The van der Waals surface area contributed by atoms with Crippen LogP contribution in [-0.4, -0.2) is 25.4 Å². The van der Waals surface area contributed by atoms with Gasteiger partial charge in [0.25, 0.3) is 5.91 Å². The highest BCUT2D eigenvalue weighted by Gasteiger charge is 2.18. The van der Waals surface area contributed by atoms with Crippen molar-refractivity contribution < 1.29 is 19.1 Å². The van der Waals surface area contributed by atoms with Gasteiger partial charge in [0.05, 0.1) is 11.1 Å². The quantitative estimate of drug-likeness (QED) is 0.593. The van der Waals surface area contributed by atoms with Gasteiger partial charge in [-0.2, -0.15) is 0 Å². The van der Waals surface area contributed by atoms with Gasteiger partial charge in [-0.3, -0.25) is 9.59 Å². The van der Waals surface area contributed by atoms with E-state index in [0.29, 0.717) is 44.6 Å². The Morgan fingerprint density at radius 2 is 1.84 bits per heavy atom. The topological polar surface area (TPSA) is 64.6 Å². The molecule has 132 valence electrons. The molecular weight excluding hydrogens is 454 g/mol. The average Bonchev–Trinajstić information content (AvgIpc) is 2.59. The van der Waals surface area contributed by atoms with Gasteiger partial charge in [-0.05, 0) is 63.9 Å². The molecule has 1 amide bonds. The van der Waals surface area contributed by atoms with Gasteiger partial charge in [0.2, 0.25) is 0 Å². The van der Waals surface area contributed by atoms with Crippen molar-refractivity contribution in [1.82, 2.24) is 0 Å². The zero-order chi connectivity index (χ0) is 18.4. The summed E-state index contributed by atoms with van der Waals surface area (Å²) in [6.07, 6.45) is 0.714. The van der Waals surface area contributed by atoms with Crippen LogP contribution in [0.15, 0.2) is 39.3 Å². The second-order valence-corrected chi connectivity index (χ2v) is 6.76. The zero-order valence-corrected chi connectivity index (χ0v) is 16.9. The number of rotatable bonds is 7. The Balaban J connectivity index is 2.13. The minimum Gasteiger partial charge on any atom is -0.490 e. The van der Waals surface area contributed by atoms with Crippen molar-refractivity contribution in [2.75, 3.05) is 18.5 Å². The summed E-state index contributed by atoms with van der Waals surface area (Å²) in [4.78, 5) is 23.2. The third-order valence-corrected chi connectivity index (χ3v) is 5.41. The van der Waals surface area contributed by atoms with E-state index in [1.165, 1.54) is 0 Å². The van der Waals surface area contributed by atoms with E-state index in [9.17, 15) is 9.59 Å². The standard InChI is InChI=1S/C18H17Br2NO4/c1-3-24-14-8-12(9-22)16(19)17(20)18(14)25-10-15(23)21-13-6-4-11(2)5-7-13/h4-9H,3,10H2,1-2H3,(H,21,23). The first-order valence-electron chi connectivity index (χ1n) is 7.55. The number of benzene rings is 2. The molecule has 0 atom stereocenters. The number of nitrogens with one attached hydrogen (secondary N) is 1. The Morgan fingerprint density at radius 1 is 1.16 bits per heavy atom. The molecule has 0 aliphatic carbocycles. The van der Waals surface area contributed by atoms with Crippen LogP contribution in [0.5, 0.6) is 11.5 Å². The maximum atomic E-state index is 12.1. The van der Waals surface area contributed by atoms with Crippen molar-refractivity contribution >= 4 is 49.7 Å². The van der Waals surface area contributed by atoms with Crippen LogP contribution < -0.4 is 14.8 Å². The third kappa shape index (κ3) is 5.06. The van der Waals surface area contributed by atoms with Crippen LogP contribution in [0.4, 0.5) is 5.69 Å². The summed E-state index contributed by atoms with van der Waals surface area (Å²) >= 11 is 6.70. The fraction of sp³-hybridized carbons (Fsp3) is 0.222. The zero-order valence-electron chi connectivity index (χ0n) is 13.8. The largest absolute Gasteiger partial charge is 0.490 e. The molecule has 0 aromatic heterocycles. The van der Waals surface area contributed by atoms with Crippen molar-refractivity contribution in [3.63, 3.8) is 0 Å². The molecule has 0 saturated carbocycles. The van der Waals surface area contributed by atoms with E-state index in [2.05, 4.69) is 37.2 Å². The number of ether oxygens (including phenoxy) is 2. The van der Waals surface area contributed by atoms with Gasteiger partial charge in [0, 0.05) is 15.7 Å². The normalized spacial score (nSPS) is 10.2. The molecule has 0 aliphatic heterocycles. The number of aryl methyl sites for hydroxylation is 1. The molecule has 5 nitrogen and oxygen atoms in total. The summed E-state index contributed by atoms with van der Waals surface area (Å²) in [7, 11) is 0. The van der Waals surface area contributed by atoms with Gasteiger partial charge in [-0.1, -0.05) is 17.7 Å². The lowest BCUT2D eigenvalue weighted by Gasteiger charge is -2.15. The van der Waals surface area contributed by atoms with Crippen LogP contribution in [-0.2, 0) is 4.79 Å². The van der Waals surface area contributed by atoms with E-state index < -0.39 is 0 Å². The van der Waals surface area contributed by atoms with Crippen LogP contribution in [0.25, 0.3) is 0 Å². The lowest BCUT2D eigenvalue weighted by Crippen LogP contribution is -2.20. The number of carbonyl (C=O) groups is 2. The highest BCUT2D eigenvalue weighted by Crippen LogP contribution is 2.42. The van der Waals surface area contributed by atoms with Crippen molar-refractivity contribution in [2.24, 2.45) is 0 Å². The molecule has 2 aromatic rings. The Morgan fingerprint density at radius 3 is 2.44 bits per heavy atom. The molecular formula is C18H17Br2NO4. The lowest BCUT2D eigenvalue weighted by molar-refractivity contribution is -0.118. The smallest absolute Gasteiger partial charge is 0.262 e. The molecule has 0 saturated heterocycles. The summed E-state index contributed by atoms with van der Waals surface area (Å²) in [6, 6.07) is 9.04. The van der Waals surface area contributed by atoms with Crippen LogP contribution in [0.3, 0.4) is 0 Å². The summed E-state index contributed by atoms with van der Waals surface area (Å²) in [5.74, 6) is 0.454. The molecule has 0 heterocycles. The lowest BCUT2D eigenvalue weighted by atomic mass is 10.2. The Hall–Kier alpha value is -1.86. The number of halogens is 2. The minimum absolute atomic E-state index is 0.195. The molecule has 2 rings (SSSR count). The molecule has 0 spiro atoms. The number of carbonyl (C=O) groups excluding carboxylic acids is 2. The van der Waals surface area contributed by atoms with Crippen LogP contribution in [0, 0.1) is 6.92 Å². The molecule has 0 fully saturated rings. The van der Waals surface area contributed by atoms with Gasteiger partial charge < -0.3 is 14.8 Å². The van der Waals surface area contributed by atoms with E-state index in [4.69, 9.17) is 9.47 Å². The van der Waals surface area contributed by atoms with E-state index in [0.717, 1.165) is 5.56 Å². The highest BCUT2D eigenvalue weighted by atomic mass is 79.9. The molecule has 1 N–H and O–H groups in total.